The van der Waals surface area contributed by atoms with Crippen LogP contribution < -0.4 is 4.90 Å². The summed E-state index contributed by atoms with van der Waals surface area (Å²) in [5.41, 5.74) is 0.503. The second kappa shape index (κ2) is 16.8. The lowest BCUT2D eigenvalue weighted by Crippen LogP contribution is -2.49. The third-order valence-corrected chi connectivity index (χ3v) is 6.43. The van der Waals surface area contributed by atoms with Crippen LogP contribution in [0.1, 0.15) is 79.7 Å². The van der Waals surface area contributed by atoms with Gasteiger partial charge in [-0.05, 0) is 31.4 Å². The molecule has 1 N–H and O–H groups in total. The highest BCUT2D eigenvalue weighted by Crippen LogP contribution is 2.38. The van der Waals surface area contributed by atoms with Crippen LogP contribution in [0.3, 0.4) is 0 Å². The van der Waals surface area contributed by atoms with Crippen molar-refractivity contribution < 1.29 is 19.4 Å². The third kappa shape index (κ3) is 7.62. The first kappa shape index (κ1) is 33.2. The predicted octanol–water partition coefficient (Wildman–Crippen LogP) is 6.53. The van der Waals surface area contributed by atoms with E-state index in [0.29, 0.717) is 37.1 Å². The van der Waals surface area contributed by atoms with E-state index in [4.69, 9.17) is 4.74 Å². The molecule has 2 aromatic rings. The number of fused-ring (bicyclic) bond motifs is 1. The second-order valence-corrected chi connectivity index (χ2v) is 8.63. The number of hydrogen-bond donors (Lipinski definition) is 1. The molecule has 2 atom stereocenters. The maximum atomic E-state index is 13.6. The van der Waals surface area contributed by atoms with Gasteiger partial charge >= 0.3 is 0 Å². The fourth-order valence-corrected chi connectivity index (χ4v) is 4.83. The molecule has 0 bridgehead atoms. The number of amides is 1. The first-order valence-corrected chi connectivity index (χ1v) is 12.8. The van der Waals surface area contributed by atoms with Crippen molar-refractivity contribution in [3.8, 4) is 6.07 Å². The summed E-state index contributed by atoms with van der Waals surface area (Å²) in [4.78, 5) is 27.6. The van der Waals surface area contributed by atoms with Crippen molar-refractivity contribution in [1.29, 1.82) is 5.26 Å². The molecule has 2 rings (SSSR count). The number of rotatable bonds is 13. The Kier molecular flexibility index (Phi) is 15.6. The molecule has 6 nitrogen and oxygen atoms in total. The van der Waals surface area contributed by atoms with E-state index in [2.05, 4.69) is 6.07 Å². The first-order valence-electron chi connectivity index (χ1n) is 12.8. The lowest BCUT2D eigenvalue weighted by atomic mass is 9.74. The van der Waals surface area contributed by atoms with Gasteiger partial charge in [0.1, 0.15) is 6.29 Å². The average Bonchev–Trinajstić information content (AvgIpc) is 2.89. The van der Waals surface area contributed by atoms with E-state index in [0.717, 1.165) is 29.9 Å². The largest absolute Gasteiger partial charge is 0.396 e. The highest BCUT2D eigenvalue weighted by Gasteiger charge is 2.44. The van der Waals surface area contributed by atoms with Gasteiger partial charge in [-0.25, -0.2) is 0 Å². The van der Waals surface area contributed by atoms with Gasteiger partial charge in [0.15, 0.2) is 0 Å². The number of nitrogens with zero attached hydrogens (tertiary/aromatic N) is 2. The summed E-state index contributed by atoms with van der Waals surface area (Å²) < 4.78 is 6.26. The van der Waals surface area contributed by atoms with Gasteiger partial charge < -0.3 is 19.5 Å². The Morgan fingerprint density at radius 2 is 1.72 bits per heavy atom. The number of anilines is 1. The van der Waals surface area contributed by atoms with Gasteiger partial charge in [0, 0.05) is 37.0 Å². The molecule has 2 aromatic carbocycles. The van der Waals surface area contributed by atoms with Crippen molar-refractivity contribution in [2.24, 2.45) is 11.8 Å². The molecule has 0 aliphatic heterocycles. The van der Waals surface area contributed by atoms with Crippen LogP contribution in [0.25, 0.3) is 10.8 Å². The molecule has 0 spiro atoms. The van der Waals surface area contributed by atoms with E-state index < -0.39 is 17.4 Å². The maximum absolute atomic E-state index is 13.6. The fraction of sp³-hybridized carbons (Fsp3) is 0.567. The number of benzene rings is 2. The lowest BCUT2D eigenvalue weighted by molar-refractivity contribution is -0.147. The van der Waals surface area contributed by atoms with Crippen molar-refractivity contribution >= 4 is 28.7 Å². The van der Waals surface area contributed by atoms with Crippen molar-refractivity contribution in [2.45, 2.75) is 79.8 Å². The highest BCUT2D eigenvalue weighted by molar-refractivity contribution is 6.06. The Hall–Kier alpha value is -2.75. The summed E-state index contributed by atoms with van der Waals surface area (Å²) in [6, 6.07) is 13.2. The monoisotopic (exact) mass is 498 g/mol. The Morgan fingerprint density at radius 3 is 2.22 bits per heavy atom. The van der Waals surface area contributed by atoms with Gasteiger partial charge in [-0.2, -0.15) is 5.26 Å². The molecule has 200 valence electrons. The predicted molar refractivity (Wildman–Crippen MR) is 149 cm³/mol. The summed E-state index contributed by atoms with van der Waals surface area (Å²) in [6.45, 7) is 10.2. The Bertz CT molecular complexity index is 977. The molecule has 0 aromatic heterocycles. The molecule has 0 aliphatic carbocycles. The molecular formula is C30H46N2O4. The van der Waals surface area contributed by atoms with E-state index in [1.807, 2.05) is 52.0 Å². The summed E-state index contributed by atoms with van der Waals surface area (Å²) in [5.74, 6) is -1.39. The van der Waals surface area contributed by atoms with Crippen molar-refractivity contribution in [1.82, 2.24) is 0 Å². The van der Waals surface area contributed by atoms with Crippen LogP contribution in [0.5, 0.6) is 0 Å². The highest BCUT2D eigenvalue weighted by atomic mass is 16.5. The zero-order valence-electron chi connectivity index (χ0n) is 22.2. The number of carbonyl (C=O) groups excluding carboxylic acids is 2. The molecule has 2 unspecified atom stereocenters. The Balaban J connectivity index is 0.00000398. The average molecular weight is 499 g/mol. The molecule has 0 saturated carbocycles. The normalized spacial score (nSPS) is 12.4. The van der Waals surface area contributed by atoms with E-state index in [-0.39, 0.29) is 19.9 Å². The van der Waals surface area contributed by atoms with Crippen molar-refractivity contribution in [3.63, 3.8) is 0 Å². The quantitative estimate of drug-likeness (QED) is 0.251. The van der Waals surface area contributed by atoms with Crippen molar-refractivity contribution in [3.05, 3.63) is 42.0 Å². The molecule has 0 fully saturated rings. The van der Waals surface area contributed by atoms with Crippen LogP contribution in [0.15, 0.2) is 36.4 Å². The minimum Gasteiger partial charge on any atom is -0.396 e. The van der Waals surface area contributed by atoms with Crippen LogP contribution in [0.4, 0.5) is 5.69 Å². The van der Waals surface area contributed by atoms with Gasteiger partial charge in [0.05, 0.1) is 28.8 Å². The molecule has 36 heavy (non-hydrogen) atoms. The number of carbonyl (C=O) groups is 2. The topological polar surface area (TPSA) is 90.6 Å². The number of aldehydes is 1. The minimum atomic E-state index is -0.747. The summed E-state index contributed by atoms with van der Waals surface area (Å²) in [7, 11) is 1.71. The Morgan fingerprint density at radius 1 is 1.14 bits per heavy atom. The zero-order valence-corrected chi connectivity index (χ0v) is 22.2. The van der Waals surface area contributed by atoms with Crippen LogP contribution >= 0.6 is 0 Å². The van der Waals surface area contributed by atoms with E-state index >= 15 is 0 Å². The first-order chi connectivity index (χ1) is 16.9. The summed E-state index contributed by atoms with van der Waals surface area (Å²) in [6.07, 6.45) is 4.33. The van der Waals surface area contributed by atoms with Crippen molar-refractivity contribution in [2.75, 3.05) is 25.2 Å². The molecule has 0 saturated heterocycles. The number of aliphatic hydroxyl groups is 1. The second-order valence-electron chi connectivity index (χ2n) is 8.63. The van der Waals surface area contributed by atoms with Gasteiger partial charge in [0.2, 0.25) is 5.91 Å². The van der Waals surface area contributed by atoms with Crippen LogP contribution in [-0.2, 0) is 14.3 Å². The van der Waals surface area contributed by atoms with Crippen LogP contribution in [0, 0.1) is 23.2 Å². The van der Waals surface area contributed by atoms with E-state index in [9.17, 15) is 20.0 Å². The standard InChI is InChI=1S/C27H36N2O4.C2H6.CH4/c1-5-14-27(15-6-2,33-17-9-16-30)24(19-31)20(3)26(32)29(4)25-13-12-21(18-28)22-10-7-8-11-23(22)25;1-2;/h7-8,10-13,19-20,24,30H,5-6,9,14-17H2,1-4H3;1-2H3;1H4. The minimum absolute atomic E-state index is 0. The van der Waals surface area contributed by atoms with Gasteiger partial charge in [-0.1, -0.05) is 79.2 Å². The van der Waals surface area contributed by atoms with Gasteiger partial charge in [0.25, 0.3) is 0 Å². The van der Waals surface area contributed by atoms with Crippen LogP contribution in [-0.4, -0.2) is 43.2 Å². The smallest absolute Gasteiger partial charge is 0.230 e. The Labute approximate surface area is 218 Å². The summed E-state index contributed by atoms with van der Waals surface area (Å²) in [5, 5.41) is 20.3. The third-order valence-electron chi connectivity index (χ3n) is 6.43. The zero-order chi connectivity index (χ0) is 26.4. The van der Waals surface area contributed by atoms with Crippen LogP contribution in [0.2, 0.25) is 0 Å². The number of aliphatic hydroxyl groups excluding tert-OH is 1. The molecule has 0 heterocycles. The molecule has 0 aliphatic rings. The fourth-order valence-electron chi connectivity index (χ4n) is 4.83. The van der Waals surface area contributed by atoms with E-state index in [1.165, 1.54) is 0 Å². The molecule has 1 amide bonds. The lowest BCUT2D eigenvalue weighted by Gasteiger charge is -2.41. The molecular weight excluding hydrogens is 452 g/mol. The number of hydrogen-bond acceptors (Lipinski definition) is 5. The van der Waals surface area contributed by atoms with Gasteiger partial charge in [-0.15, -0.1) is 0 Å². The number of nitriles is 1. The molecule has 0 radical (unpaired) electrons. The maximum Gasteiger partial charge on any atom is 0.230 e. The summed E-state index contributed by atoms with van der Waals surface area (Å²) >= 11 is 0. The van der Waals surface area contributed by atoms with Gasteiger partial charge in [-0.3, -0.25) is 4.79 Å². The number of ether oxygens (including phenoxy) is 1. The SMILES string of the molecule is C.CC.CCCC(CCC)(OCCCO)C(C=O)C(C)C(=O)N(C)c1ccc(C#N)c2ccccc12. The van der Waals surface area contributed by atoms with E-state index in [1.54, 1.807) is 31.0 Å². The molecule has 6 heteroatoms.